The number of nitro benzene ring substituents is 1. The van der Waals surface area contributed by atoms with Crippen molar-refractivity contribution >= 4 is 38.9 Å². The lowest BCUT2D eigenvalue weighted by Crippen LogP contribution is -2.29. The molecule has 0 fully saturated rings. The van der Waals surface area contributed by atoms with Gasteiger partial charge in [-0.25, -0.2) is 8.42 Å². The van der Waals surface area contributed by atoms with Crippen molar-refractivity contribution < 1.29 is 18.4 Å². The van der Waals surface area contributed by atoms with E-state index in [-0.39, 0.29) is 18.2 Å². The molecule has 0 amide bonds. The zero-order valence-corrected chi connectivity index (χ0v) is 12.0. The average molecular weight is 329 g/mol. The summed E-state index contributed by atoms with van der Waals surface area (Å²) in [5.41, 5.74) is -0.665. The first-order chi connectivity index (χ1) is 8.73. The molecule has 0 aliphatic rings. The van der Waals surface area contributed by atoms with E-state index >= 15 is 0 Å². The predicted octanol–water partition coefficient (Wildman–Crippen LogP) is 1.51. The maximum absolute atomic E-state index is 12.1. The maximum Gasteiger partial charge on any atom is 0.307 e. The van der Waals surface area contributed by atoms with Crippen molar-refractivity contribution in [1.82, 2.24) is 4.31 Å². The van der Waals surface area contributed by atoms with E-state index < -0.39 is 30.6 Å². The summed E-state index contributed by atoms with van der Waals surface area (Å²) in [6, 6.07) is 2.17. The van der Waals surface area contributed by atoms with Crippen LogP contribution in [0.3, 0.4) is 0 Å². The van der Waals surface area contributed by atoms with Gasteiger partial charge >= 0.3 is 5.69 Å². The van der Waals surface area contributed by atoms with E-state index in [2.05, 4.69) is 0 Å². The lowest BCUT2D eigenvalue weighted by molar-refractivity contribution is -0.384. The van der Waals surface area contributed by atoms with Crippen LogP contribution in [0.25, 0.3) is 0 Å². The standard InChI is InChI=1S/C9H10Cl2N2O5S/c1-12(4-5-14)19(17,18)7-3-2-6(10)9(8(7)11)13(15)16/h2-3,14H,4-5H2,1H3. The van der Waals surface area contributed by atoms with Crippen LogP contribution in [0, 0.1) is 10.1 Å². The van der Waals surface area contributed by atoms with E-state index in [9.17, 15) is 18.5 Å². The quantitative estimate of drug-likeness (QED) is 0.652. The van der Waals surface area contributed by atoms with Crippen molar-refractivity contribution in [3.05, 3.63) is 32.3 Å². The van der Waals surface area contributed by atoms with Gasteiger partial charge in [0.25, 0.3) is 0 Å². The summed E-state index contributed by atoms with van der Waals surface area (Å²) in [4.78, 5) is 9.52. The van der Waals surface area contributed by atoms with Crippen LogP contribution in [-0.4, -0.2) is 43.0 Å². The van der Waals surface area contributed by atoms with Gasteiger partial charge < -0.3 is 5.11 Å². The van der Waals surface area contributed by atoms with Crippen LogP contribution < -0.4 is 0 Å². The van der Waals surface area contributed by atoms with Gasteiger partial charge in [0.1, 0.15) is 14.9 Å². The number of aliphatic hydroxyl groups is 1. The molecule has 7 nitrogen and oxygen atoms in total. The number of hydrogen-bond acceptors (Lipinski definition) is 5. The fourth-order valence-corrected chi connectivity index (χ4v) is 3.34. The second-order valence-corrected chi connectivity index (χ2v) is 6.31. The molecule has 1 aromatic rings. The summed E-state index contributed by atoms with van der Waals surface area (Å²) in [5, 5.41) is 18.7. The average Bonchev–Trinajstić information content (AvgIpc) is 2.28. The fourth-order valence-electron chi connectivity index (χ4n) is 1.32. The van der Waals surface area contributed by atoms with Gasteiger partial charge in [-0.3, -0.25) is 10.1 Å². The van der Waals surface area contributed by atoms with Crippen LogP contribution in [0.5, 0.6) is 0 Å². The highest BCUT2D eigenvalue weighted by Crippen LogP contribution is 2.37. The molecule has 0 radical (unpaired) electrons. The van der Waals surface area contributed by atoms with Crippen molar-refractivity contribution in [2.45, 2.75) is 4.90 Å². The molecule has 106 valence electrons. The number of halogens is 2. The smallest absolute Gasteiger partial charge is 0.307 e. The molecule has 0 aromatic heterocycles. The Morgan fingerprint density at radius 3 is 2.47 bits per heavy atom. The molecule has 1 aromatic carbocycles. The van der Waals surface area contributed by atoms with Gasteiger partial charge in [0, 0.05) is 13.6 Å². The molecule has 0 aliphatic carbocycles. The molecule has 10 heteroatoms. The second kappa shape index (κ2) is 6.02. The van der Waals surface area contributed by atoms with Crippen molar-refractivity contribution in [1.29, 1.82) is 0 Å². The molecule has 1 N–H and O–H groups in total. The monoisotopic (exact) mass is 328 g/mol. The molecule has 0 unspecified atom stereocenters. The van der Waals surface area contributed by atoms with E-state index in [1.165, 1.54) is 7.05 Å². The zero-order chi connectivity index (χ0) is 14.8. The van der Waals surface area contributed by atoms with Crippen LogP contribution in [0.15, 0.2) is 17.0 Å². The van der Waals surface area contributed by atoms with Crippen LogP contribution in [0.2, 0.25) is 10.0 Å². The second-order valence-electron chi connectivity index (χ2n) is 3.52. The summed E-state index contributed by atoms with van der Waals surface area (Å²) in [6.45, 7) is -0.544. The Kier molecular flexibility index (Phi) is 5.11. The summed E-state index contributed by atoms with van der Waals surface area (Å²) in [6.07, 6.45) is 0. The van der Waals surface area contributed by atoms with E-state index in [1.54, 1.807) is 0 Å². The first-order valence-corrected chi connectivity index (χ1v) is 7.12. The third-order valence-corrected chi connectivity index (χ3v) is 5.02. The SMILES string of the molecule is CN(CCO)S(=O)(=O)c1ccc(Cl)c([N+](=O)[O-])c1Cl. The summed E-state index contributed by atoms with van der Waals surface area (Å²) >= 11 is 11.4. The van der Waals surface area contributed by atoms with Gasteiger partial charge in [-0.2, -0.15) is 4.31 Å². The number of nitro groups is 1. The normalized spacial score (nSPS) is 11.8. The molecule has 0 heterocycles. The molecular weight excluding hydrogens is 319 g/mol. The third-order valence-electron chi connectivity index (χ3n) is 2.32. The number of hydrogen-bond donors (Lipinski definition) is 1. The minimum absolute atomic E-state index is 0.158. The Morgan fingerprint density at radius 1 is 1.42 bits per heavy atom. The van der Waals surface area contributed by atoms with E-state index in [1.807, 2.05) is 0 Å². The van der Waals surface area contributed by atoms with E-state index in [0.29, 0.717) is 0 Å². The Morgan fingerprint density at radius 2 is 2.00 bits per heavy atom. The summed E-state index contributed by atoms with van der Waals surface area (Å²) < 4.78 is 25.0. The van der Waals surface area contributed by atoms with E-state index in [0.717, 1.165) is 16.4 Å². The van der Waals surface area contributed by atoms with Crippen molar-refractivity contribution in [2.24, 2.45) is 0 Å². The van der Waals surface area contributed by atoms with Gasteiger partial charge in [-0.05, 0) is 12.1 Å². The maximum atomic E-state index is 12.1. The molecule has 19 heavy (non-hydrogen) atoms. The lowest BCUT2D eigenvalue weighted by Gasteiger charge is -2.16. The highest BCUT2D eigenvalue weighted by Gasteiger charge is 2.30. The molecule has 0 saturated carbocycles. The molecule has 0 spiro atoms. The van der Waals surface area contributed by atoms with Crippen molar-refractivity contribution in [2.75, 3.05) is 20.2 Å². The lowest BCUT2D eigenvalue weighted by atomic mass is 10.3. The highest BCUT2D eigenvalue weighted by atomic mass is 35.5. The Balaban J connectivity index is 3.45. The van der Waals surface area contributed by atoms with E-state index in [4.69, 9.17) is 28.3 Å². The summed E-state index contributed by atoms with van der Waals surface area (Å²) in [5.74, 6) is 0. The number of aliphatic hydroxyl groups excluding tert-OH is 1. The van der Waals surface area contributed by atoms with Crippen LogP contribution in [0.4, 0.5) is 5.69 Å². The molecule has 0 saturated heterocycles. The highest BCUT2D eigenvalue weighted by molar-refractivity contribution is 7.89. The first-order valence-electron chi connectivity index (χ1n) is 4.93. The molecule has 1 rings (SSSR count). The van der Waals surface area contributed by atoms with Crippen molar-refractivity contribution in [3.63, 3.8) is 0 Å². The van der Waals surface area contributed by atoms with Crippen LogP contribution >= 0.6 is 23.2 Å². The molecule has 0 aliphatic heterocycles. The van der Waals surface area contributed by atoms with Gasteiger partial charge in [0.05, 0.1) is 11.5 Å². The van der Waals surface area contributed by atoms with Crippen LogP contribution in [0.1, 0.15) is 0 Å². The zero-order valence-electron chi connectivity index (χ0n) is 9.71. The number of likely N-dealkylation sites (N-methyl/N-ethyl adjacent to an activating group) is 1. The number of sulfonamides is 1. The summed E-state index contributed by atoms with van der Waals surface area (Å²) in [7, 11) is -2.80. The third kappa shape index (κ3) is 3.15. The largest absolute Gasteiger partial charge is 0.395 e. The topological polar surface area (TPSA) is 101 Å². The number of benzene rings is 1. The van der Waals surface area contributed by atoms with Gasteiger partial charge in [-0.1, -0.05) is 23.2 Å². The fraction of sp³-hybridized carbons (Fsp3) is 0.333. The molecule has 0 atom stereocenters. The van der Waals surface area contributed by atoms with Crippen molar-refractivity contribution in [3.8, 4) is 0 Å². The van der Waals surface area contributed by atoms with Gasteiger partial charge in [0.2, 0.25) is 10.0 Å². The Labute approximate surface area is 119 Å². The molecule has 0 bridgehead atoms. The van der Waals surface area contributed by atoms with Crippen LogP contribution in [-0.2, 0) is 10.0 Å². The number of nitrogens with zero attached hydrogens (tertiary/aromatic N) is 2. The Bertz CT molecular complexity index is 605. The Hall–Kier alpha value is -0.930. The van der Waals surface area contributed by atoms with Gasteiger partial charge in [0.15, 0.2) is 0 Å². The first kappa shape index (κ1) is 16.1. The van der Waals surface area contributed by atoms with Gasteiger partial charge in [-0.15, -0.1) is 0 Å². The minimum atomic E-state index is -4.03. The number of rotatable bonds is 5. The molecular formula is C9H10Cl2N2O5S. The predicted molar refractivity (Wildman–Crippen MR) is 70.0 cm³/mol. The minimum Gasteiger partial charge on any atom is -0.395 e.